The number of nitrogens with one attached hydrogen (secondary N) is 2. The average Bonchev–Trinajstić information content (AvgIpc) is 3.13. The van der Waals surface area contributed by atoms with Crippen LogP contribution in [0.15, 0.2) is 29.1 Å². The number of urea groups is 1. The summed E-state index contributed by atoms with van der Waals surface area (Å²) in [5, 5.41) is 2.83. The number of aromatic nitrogens is 2. The van der Waals surface area contributed by atoms with E-state index in [1.165, 1.54) is 0 Å². The minimum Gasteiger partial charge on any atom is -0.334 e. The number of para-hydroxylation sites is 2. The highest BCUT2D eigenvalue weighted by Crippen LogP contribution is 2.25. The van der Waals surface area contributed by atoms with Crippen LogP contribution in [-0.4, -0.2) is 59.5 Å². The van der Waals surface area contributed by atoms with Crippen LogP contribution < -0.4 is 11.0 Å². The van der Waals surface area contributed by atoms with Gasteiger partial charge in [-0.05, 0) is 31.4 Å². The third kappa shape index (κ3) is 3.23. The molecular weight excluding hydrogens is 356 g/mol. The van der Waals surface area contributed by atoms with Crippen LogP contribution in [0.25, 0.3) is 11.0 Å². The van der Waals surface area contributed by atoms with E-state index in [2.05, 4.69) is 10.3 Å². The van der Waals surface area contributed by atoms with Crippen LogP contribution >= 0.6 is 0 Å². The number of fused-ring (bicyclic) bond motifs is 1. The molecule has 1 aromatic carbocycles. The second-order valence-corrected chi connectivity index (χ2v) is 9.31. The Morgan fingerprint density at radius 2 is 1.88 bits per heavy atom. The van der Waals surface area contributed by atoms with E-state index in [4.69, 9.17) is 0 Å². The highest BCUT2D eigenvalue weighted by Gasteiger charge is 2.31. The molecule has 26 heavy (non-hydrogen) atoms. The smallest absolute Gasteiger partial charge is 0.326 e. The van der Waals surface area contributed by atoms with E-state index in [0.717, 1.165) is 11.0 Å². The summed E-state index contributed by atoms with van der Waals surface area (Å²) in [5.41, 5.74) is 1.59. The molecule has 2 saturated heterocycles. The van der Waals surface area contributed by atoms with E-state index in [-0.39, 0.29) is 35.3 Å². The standard InChI is InChI=1S/C17H22N4O4S/c22-16(18-12-7-10-26(24,25)11-12)20-8-5-13(6-9-20)21-15-4-2-1-3-14(15)19-17(21)23/h1-4,12-13H,5-11H2,(H,18,22)(H,19,23)/t12-/m1/s1. The maximum atomic E-state index is 12.4. The molecule has 8 nitrogen and oxygen atoms in total. The minimum atomic E-state index is -3.01. The number of rotatable bonds is 2. The number of carbonyl (C=O) groups is 1. The summed E-state index contributed by atoms with van der Waals surface area (Å²) in [6.07, 6.45) is 1.87. The number of likely N-dealkylation sites (tertiary alicyclic amines) is 1. The first kappa shape index (κ1) is 17.1. The Hall–Kier alpha value is -2.29. The van der Waals surface area contributed by atoms with Crippen molar-refractivity contribution >= 4 is 26.9 Å². The van der Waals surface area contributed by atoms with Gasteiger partial charge in [-0.15, -0.1) is 0 Å². The Kier molecular flexibility index (Phi) is 4.26. The highest BCUT2D eigenvalue weighted by molar-refractivity contribution is 7.91. The Labute approximate surface area is 151 Å². The predicted octanol–water partition coefficient (Wildman–Crippen LogP) is 0.863. The summed E-state index contributed by atoms with van der Waals surface area (Å²) in [6.45, 7) is 1.09. The van der Waals surface area contributed by atoms with Crippen molar-refractivity contribution in [2.45, 2.75) is 31.3 Å². The van der Waals surface area contributed by atoms with Gasteiger partial charge in [-0.1, -0.05) is 12.1 Å². The zero-order valence-corrected chi connectivity index (χ0v) is 15.2. The largest absolute Gasteiger partial charge is 0.334 e. The molecule has 2 amide bonds. The first-order valence-electron chi connectivity index (χ1n) is 8.88. The number of imidazole rings is 1. The molecule has 140 valence electrons. The third-order valence-corrected chi connectivity index (χ3v) is 7.07. The quantitative estimate of drug-likeness (QED) is 0.809. The molecule has 4 rings (SSSR count). The molecule has 1 atom stereocenters. The lowest BCUT2D eigenvalue weighted by molar-refractivity contribution is 0.169. The topological polar surface area (TPSA) is 104 Å². The van der Waals surface area contributed by atoms with E-state index >= 15 is 0 Å². The first-order chi connectivity index (χ1) is 12.4. The van der Waals surface area contributed by atoms with Gasteiger partial charge in [-0.2, -0.15) is 0 Å². The van der Waals surface area contributed by atoms with Gasteiger partial charge in [0.1, 0.15) is 0 Å². The fourth-order valence-electron chi connectivity index (χ4n) is 3.94. The van der Waals surface area contributed by atoms with Crippen molar-refractivity contribution < 1.29 is 13.2 Å². The number of hydrogen-bond acceptors (Lipinski definition) is 4. The van der Waals surface area contributed by atoms with Crippen LogP contribution in [-0.2, 0) is 9.84 Å². The molecule has 0 saturated carbocycles. The van der Waals surface area contributed by atoms with Crippen LogP contribution in [0.3, 0.4) is 0 Å². The number of H-pyrrole nitrogens is 1. The SMILES string of the molecule is O=C(N[C@@H]1CCS(=O)(=O)C1)N1CCC(n2c(=O)[nH]c3ccccc32)CC1. The number of benzene rings is 1. The van der Waals surface area contributed by atoms with Gasteiger partial charge in [0.05, 0.1) is 22.5 Å². The van der Waals surface area contributed by atoms with Crippen molar-refractivity contribution in [3.8, 4) is 0 Å². The van der Waals surface area contributed by atoms with Gasteiger partial charge >= 0.3 is 11.7 Å². The second-order valence-electron chi connectivity index (χ2n) is 7.08. The number of amides is 2. The molecule has 0 bridgehead atoms. The molecule has 0 unspecified atom stereocenters. The predicted molar refractivity (Wildman–Crippen MR) is 98.0 cm³/mol. The van der Waals surface area contributed by atoms with Crippen molar-refractivity contribution in [2.24, 2.45) is 0 Å². The van der Waals surface area contributed by atoms with Gasteiger partial charge in [-0.3, -0.25) is 4.57 Å². The van der Waals surface area contributed by atoms with Gasteiger partial charge in [0.25, 0.3) is 0 Å². The number of sulfone groups is 1. The molecule has 2 N–H and O–H groups in total. The summed E-state index contributed by atoms with van der Waals surface area (Å²) < 4.78 is 24.8. The zero-order chi connectivity index (χ0) is 18.3. The van der Waals surface area contributed by atoms with Gasteiger partial charge in [0.15, 0.2) is 9.84 Å². The maximum absolute atomic E-state index is 12.4. The Morgan fingerprint density at radius 3 is 2.58 bits per heavy atom. The molecule has 0 spiro atoms. The molecule has 0 aliphatic carbocycles. The van der Waals surface area contributed by atoms with Gasteiger partial charge in [-0.25, -0.2) is 18.0 Å². The van der Waals surface area contributed by atoms with Crippen molar-refractivity contribution in [1.82, 2.24) is 19.8 Å². The highest BCUT2D eigenvalue weighted by atomic mass is 32.2. The fraction of sp³-hybridized carbons (Fsp3) is 0.529. The van der Waals surface area contributed by atoms with Gasteiger partial charge < -0.3 is 15.2 Å². The van der Waals surface area contributed by atoms with Crippen molar-refractivity contribution in [1.29, 1.82) is 0 Å². The van der Waals surface area contributed by atoms with Crippen molar-refractivity contribution in [3.63, 3.8) is 0 Å². The molecular formula is C17H22N4O4S. The number of aromatic amines is 1. The lowest BCUT2D eigenvalue weighted by Crippen LogP contribution is -2.48. The number of nitrogens with zero attached hydrogens (tertiary/aromatic N) is 2. The Morgan fingerprint density at radius 1 is 1.15 bits per heavy atom. The zero-order valence-electron chi connectivity index (χ0n) is 14.3. The summed E-state index contributed by atoms with van der Waals surface area (Å²) >= 11 is 0. The van der Waals surface area contributed by atoms with Crippen molar-refractivity contribution in [3.05, 3.63) is 34.7 Å². The van der Waals surface area contributed by atoms with E-state index < -0.39 is 9.84 Å². The van der Waals surface area contributed by atoms with E-state index in [1.807, 2.05) is 24.3 Å². The normalized spacial score (nSPS) is 23.4. The summed E-state index contributed by atoms with van der Waals surface area (Å²) in [4.78, 5) is 29.3. The monoisotopic (exact) mass is 378 g/mol. The van der Waals surface area contributed by atoms with Crippen LogP contribution in [0, 0.1) is 0 Å². The molecule has 2 aliphatic rings. The lowest BCUT2D eigenvalue weighted by Gasteiger charge is -2.33. The molecule has 2 aliphatic heterocycles. The van der Waals surface area contributed by atoms with E-state index in [0.29, 0.717) is 32.4 Å². The fourth-order valence-corrected chi connectivity index (χ4v) is 5.61. The summed E-state index contributed by atoms with van der Waals surface area (Å²) in [6, 6.07) is 7.15. The number of carbonyl (C=O) groups excluding carboxylic acids is 1. The first-order valence-corrected chi connectivity index (χ1v) is 10.7. The van der Waals surface area contributed by atoms with Gasteiger partial charge in [0.2, 0.25) is 0 Å². The minimum absolute atomic E-state index is 0.0277. The van der Waals surface area contributed by atoms with Crippen LogP contribution in [0.1, 0.15) is 25.3 Å². The Balaban J connectivity index is 1.40. The van der Waals surface area contributed by atoms with Crippen LogP contribution in [0.4, 0.5) is 4.79 Å². The van der Waals surface area contributed by atoms with Crippen molar-refractivity contribution in [2.75, 3.05) is 24.6 Å². The summed E-state index contributed by atoms with van der Waals surface area (Å²) in [7, 11) is -3.01. The summed E-state index contributed by atoms with van der Waals surface area (Å²) in [5.74, 6) is 0.170. The van der Waals surface area contributed by atoms with E-state index in [1.54, 1.807) is 9.47 Å². The lowest BCUT2D eigenvalue weighted by atomic mass is 10.0. The molecule has 0 radical (unpaired) electrons. The molecule has 2 aromatic rings. The third-order valence-electron chi connectivity index (χ3n) is 5.30. The molecule has 1 aromatic heterocycles. The molecule has 2 fully saturated rings. The van der Waals surface area contributed by atoms with Crippen LogP contribution in [0.2, 0.25) is 0 Å². The average molecular weight is 378 g/mol. The number of hydrogen-bond donors (Lipinski definition) is 2. The van der Waals surface area contributed by atoms with E-state index in [9.17, 15) is 18.0 Å². The second kappa shape index (κ2) is 6.46. The number of piperidine rings is 1. The maximum Gasteiger partial charge on any atom is 0.326 e. The van der Waals surface area contributed by atoms with Crippen LogP contribution in [0.5, 0.6) is 0 Å². The Bertz CT molecular complexity index is 986. The molecule has 3 heterocycles. The molecule has 9 heteroatoms. The van der Waals surface area contributed by atoms with Gasteiger partial charge in [0, 0.05) is 25.2 Å².